The molecule has 1 aliphatic rings. The van der Waals surface area contributed by atoms with Gasteiger partial charge in [-0.2, -0.15) is 4.98 Å². The van der Waals surface area contributed by atoms with Crippen molar-refractivity contribution >= 4 is 5.91 Å². The zero-order chi connectivity index (χ0) is 15.7. The summed E-state index contributed by atoms with van der Waals surface area (Å²) in [6.45, 7) is 2.88. The number of hydrogen-bond acceptors (Lipinski definition) is 5. The maximum atomic E-state index is 13.4. The number of carbonyl (C=O) groups excluding carboxylic acids is 1. The maximum Gasteiger partial charge on any atom is 0.254 e. The Morgan fingerprint density at radius 1 is 1.50 bits per heavy atom. The predicted octanol–water partition coefficient (Wildman–Crippen LogP) is 2.16. The molecule has 1 amide bonds. The number of rotatable bonds is 3. The fourth-order valence-corrected chi connectivity index (χ4v) is 2.60. The van der Waals surface area contributed by atoms with Gasteiger partial charge in [-0.05, 0) is 31.5 Å². The zero-order valence-corrected chi connectivity index (χ0v) is 12.4. The van der Waals surface area contributed by atoms with E-state index in [0.717, 1.165) is 6.42 Å². The lowest BCUT2D eigenvalue weighted by molar-refractivity contribution is 0.0789. The number of likely N-dealkylation sites (tertiary alicyclic amines) is 1. The van der Waals surface area contributed by atoms with Gasteiger partial charge in [0, 0.05) is 18.7 Å². The van der Waals surface area contributed by atoms with Gasteiger partial charge in [-0.15, -0.1) is 0 Å². The van der Waals surface area contributed by atoms with Gasteiger partial charge in [-0.1, -0.05) is 5.16 Å². The van der Waals surface area contributed by atoms with Gasteiger partial charge in [-0.3, -0.25) is 4.79 Å². The highest BCUT2D eigenvalue weighted by Gasteiger charge is 2.31. The molecule has 22 heavy (non-hydrogen) atoms. The number of aromatic nitrogens is 2. The first kappa shape index (κ1) is 14.5. The normalized spacial score (nSPS) is 17.8. The van der Waals surface area contributed by atoms with E-state index in [9.17, 15) is 9.18 Å². The van der Waals surface area contributed by atoms with E-state index in [2.05, 4.69) is 10.1 Å². The van der Waals surface area contributed by atoms with E-state index in [1.807, 2.05) is 0 Å². The van der Waals surface area contributed by atoms with Crippen LogP contribution in [0.2, 0.25) is 0 Å². The van der Waals surface area contributed by atoms with Crippen LogP contribution in [0.4, 0.5) is 4.39 Å². The third kappa shape index (κ3) is 2.66. The van der Waals surface area contributed by atoms with Crippen LogP contribution < -0.4 is 4.74 Å². The van der Waals surface area contributed by atoms with Crippen molar-refractivity contribution in [3.05, 3.63) is 41.3 Å². The molecule has 2 aromatic rings. The summed E-state index contributed by atoms with van der Waals surface area (Å²) in [5, 5.41) is 3.77. The Labute approximate surface area is 126 Å². The molecule has 0 aliphatic carbocycles. The molecule has 3 rings (SSSR count). The first-order valence-electron chi connectivity index (χ1n) is 7.01. The standard InChI is InChI=1S/C15H16FN3O3/c1-9-17-14(22-18-9)11-5-6-19(8-11)15(20)10-3-4-12(16)13(7-10)21-2/h3-4,7,11H,5-6,8H2,1-2H3/t11-/m0/s1. The van der Waals surface area contributed by atoms with Crippen molar-refractivity contribution in [2.24, 2.45) is 0 Å². The molecule has 6 nitrogen and oxygen atoms in total. The van der Waals surface area contributed by atoms with Crippen molar-refractivity contribution in [2.45, 2.75) is 19.3 Å². The number of benzene rings is 1. The number of carbonyl (C=O) groups is 1. The molecule has 2 heterocycles. The molecule has 0 N–H and O–H groups in total. The molecule has 1 aromatic carbocycles. The van der Waals surface area contributed by atoms with E-state index >= 15 is 0 Å². The minimum atomic E-state index is -0.486. The maximum absolute atomic E-state index is 13.4. The number of amides is 1. The van der Waals surface area contributed by atoms with Crippen molar-refractivity contribution in [3.8, 4) is 5.75 Å². The molecule has 1 saturated heterocycles. The Balaban J connectivity index is 1.74. The van der Waals surface area contributed by atoms with Crippen LogP contribution in [0.3, 0.4) is 0 Å². The van der Waals surface area contributed by atoms with E-state index in [4.69, 9.17) is 9.26 Å². The third-order valence-corrected chi connectivity index (χ3v) is 3.77. The van der Waals surface area contributed by atoms with Gasteiger partial charge in [0.2, 0.25) is 5.89 Å². The molecule has 0 bridgehead atoms. The average molecular weight is 305 g/mol. The molecule has 0 unspecified atom stereocenters. The van der Waals surface area contributed by atoms with Crippen molar-refractivity contribution < 1.29 is 18.4 Å². The highest BCUT2D eigenvalue weighted by Crippen LogP contribution is 2.28. The molecular formula is C15H16FN3O3. The molecule has 1 atom stereocenters. The first-order chi connectivity index (χ1) is 10.6. The SMILES string of the molecule is COc1cc(C(=O)N2CC[C@H](c3nc(C)no3)C2)ccc1F. The lowest BCUT2D eigenvalue weighted by atomic mass is 10.1. The monoisotopic (exact) mass is 305 g/mol. The summed E-state index contributed by atoms with van der Waals surface area (Å²) in [5.41, 5.74) is 0.403. The van der Waals surface area contributed by atoms with Crippen LogP contribution in [0, 0.1) is 12.7 Å². The van der Waals surface area contributed by atoms with E-state index in [0.29, 0.717) is 30.4 Å². The molecule has 1 aliphatic heterocycles. The zero-order valence-electron chi connectivity index (χ0n) is 12.4. The molecule has 1 fully saturated rings. The Hall–Kier alpha value is -2.44. The number of aryl methyl sites for hydroxylation is 1. The smallest absolute Gasteiger partial charge is 0.254 e. The van der Waals surface area contributed by atoms with Crippen molar-refractivity contribution in [2.75, 3.05) is 20.2 Å². The second kappa shape index (κ2) is 5.75. The van der Waals surface area contributed by atoms with Gasteiger partial charge in [0.1, 0.15) is 0 Å². The van der Waals surface area contributed by atoms with Crippen LogP contribution in [0.25, 0.3) is 0 Å². The number of nitrogens with zero attached hydrogens (tertiary/aromatic N) is 3. The van der Waals surface area contributed by atoms with Crippen LogP contribution in [0.5, 0.6) is 5.75 Å². The molecule has 116 valence electrons. The first-order valence-corrected chi connectivity index (χ1v) is 7.01. The van der Waals surface area contributed by atoms with Gasteiger partial charge in [0.05, 0.1) is 13.0 Å². The Kier molecular flexibility index (Phi) is 3.79. The van der Waals surface area contributed by atoms with E-state index in [-0.39, 0.29) is 17.6 Å². The van der Waals surface area contributed by atoms with Gasteiger partial charge in [0.25, 0.3) is 5.91 Å². The van der Waals surface area contributed by atoms with Crippen LogP contribution in [0.1, 0.15) is 34.4 Å². The minimum Gasteiger partial charge on any atom is -0.494 e. The number of ether oxygens (including phenoxy) is 1. The minimum absolute atomic E-state index is 0.0486. The summed E-state index contributed by atoms with van der Waals surface area (Å²) in [7, 11) is 1.37. The summed E-state index contributed by atoms with van der Waals surface area (Å²) in [4.78, 5) is 18.4. The number of hydrogen-bond donors (Lipinski definition) is 0. The van der Waals surface area contributed by atoms with Crippen molar-refractivity contribution in [3.63, 3.8) is 0 Å². The fourth-order valence-electron chi connectivity index (χ4n) is 2.60. The van der Waals surface area contributed by atoms with Crippen LogP contribution >= 0.6 is 0 Å². The van der Waals surface area contributed by atoms with Gasteiger partial charge >= 0.3 is 0 Å². The summed E-state index contributed by atoms with van der Waals surface area (Å²) < 4.78 is 23.5. The topological polar surface area (TPSA) is 68.5 Å². The van der Waals surface area contributed by atoms with Crippen LogP contribution in [0.15, 0.2) is 22.7 Å². The third-order valence-electron chi connectivity index (χ3n) is 3.77. The second-order valence-corrected chi connectivity index (χ2v) is 5.27. The van der Waals surface area contributed by atoms with Gasteiger partial charge in [-0.25, -0.2) is 4.39 Å². The molecule has 0 radical (unpaired) electrons. The lowest BCUT2D eigenvalue weighted by Crippen LogP contribution is -2.28. The summed E-state index contributed by atoms with van der Waals surface area (Å²) >= 11 is 0. The molecule has 0 saturated carbocycles. The van der Waals surface area contributed by atoms with E-state index in [1.54, 1.807) is 11.8 Å². The second-order valence-electron chi connectivity index (χ2n) is 5.27. The molecule has 1 aromatic heterocycles. The summed E-state index contributed by atoms with van der Waals surface area (Å²) in [6.07, 6.45) is 0.770. The largest absolute Gasteiger partial charge is 0.494 e. The highest BCUT2D eigenvalue weighted by atomic mass is 19.1. The fraction of sp³-hybridized carbons (Fsp3) is 0.400. The summed E-state index contributed by atoms with van der Waals surface area (Å²) in [5.74, 6) is 0.617. The summed E-state index contributed by atoms with van der Waals surface area (Å²) in [6, 6.07) is 4.12. The van der Waals surface area contributed by atoms with Crippen LogP contribution in [-0.4, -0.2) is 41.1 Å². The lowest BCUT2D eigenvalue weighted by Gasteiger charge is -2.16. The van der Waals surface area contributed by atoms with E-state index < -0.39 is 5.82 Å². The van der Waals surface area contributed by atoms with Crippen molar-refractivity contribution in [1.82, 2.24) is 15.0 Å². The Morgan fingerprint density at radius 2 is 2.32 bits per heavy atom. The van der Waals surface area contributed by atoms with Gasteiger partial charge in [0.15, 0.2) is 17.4 Å². The quantitative estimate of drug-likeness (QED) is 0.869. The molecule has 7 heteroatoms. The predicted molar refractivity (Wildman–Crippen MR) is 75.2 cm³/mol. The Morgan fingerprint density at radius 3 is 3.00 bits per heavy atom. The molecule has 0 spiro atoms. The average Bonchev–Trinajstić information content (AvgIpc) is 3.15. The number of halogens is 1. The molecular weight excluding hydrogens is 289 g/mol. The van der Waals surface area contributed by atoms with Crippen LogP contribution in [-0.2, 0) is 0 Å². The Bertz CT molecular complexity index is 701. The highest BCUT2D eigenvalue weighted by molar-refractivity contribution is 5.94. The van der Waals surface area contributed by atoms with Gasteiger partial charge < -0.3 is 14.2 Å². The van der Waals surface area contributed by atoms with E-state index in [1.165, 1.54) is 25.3 Å². The number of methoxy groups -OCH3 is 1. The van der Waals surface area contributed by atoms with Crippen molar-refractivity contribution in [1.29, 1.82) is 0 Å².